The van der Waals surface area contributed by atoms with E-state index in [0.717, 1.165) is 0 Å². The predicted octanol–water partition coefficient (Wildman–Crippen LogP) is 1.86. The van der Waals surface area contributed by atoms with Crippen molar-refractivity contribution in [1.29, 1.82) is 0 Å². The Bertz CT molecular complexity index is 981. The third kappa shape index (κ3) is 3.84. The molecule has 26 heavy (non-hydrogen) atoms. The molecule has 8 nitrogen and oxygen atoms in total. The normalized spacial score (nSPS) is 17.1. The summed E-state index contributed by atoms with van der Waals surface area (Å²) < 4.78 is 26.2. The maximum absolute atomic E-state index is 12.3. The summed E-state index contributed by atoms with van der Waals surface area (Å²) in [4.78, 5) is 21.2. The fourth-order valence-electron chi connectivity index (χ4n) is 3.15. The van der Waals surface area contributed by atoms with E-state index in [-0.39, 0.29) is 22.7 Å². The van der Waals surface area contributed by atoms with Crippen LogP contribution in [-0.4, -0.2) is 52.6 Å². The minimum Gasteiger partial charge on any atom is -0.351 e. The van der Waals surface area contributed by atoms with Crippen LogP contribution >= 0.6 is 11.6 Å². The van der Waals surface area contributed by atoms with Gasteiger partial charge in [-0.25, -0.2) is 17.7 Å². The van der Waals surface area contributed by atoms with Crippen LogP contribution in [0.1, 0.15) is 32.7 Å². The minimum absolute atomic E-state index is 0.0805. The Morgan fingerprint density at radius 3 is 2.54 bits per heavy atom. The molecule has 10 heteroatoms. The molecule has 1 saturated heterocycles. The Morgan fingerprint density at radius 2 is 1.96 bits per heavy atom. The molecule has 1 fully saturated rings. The number of anilines is 1. The number of fused-ring (bicyclic) bond motifs is 1. The molecule has 0 atom stereocenters. The van der Waals surface area contributed by atoms with Gasteiger partial charge in [0.1, 0.15) is 10.7 Å². The molecule has 0 radical (unpaired) electrons. The largest absolute Gasteiger partial charge is 0.351 e. The first-order chi connectivity index (χ1) is 12.2. The molecule has 0 aliphatic carbocycles. The zero-order chi connectivity index (χ0) is 19.1. The Hall–Kier alpha value is -1.71. The molecule has 2 aromatic heterocycles. The molecule has 3 rings (SSSR count). The van der Waals surface area contributed by atoms with Crippen molar-refractivity contribution >= 4 is 38.6 Å². The fourth-order valence-corrected chi connectivity index (χ4v) is 4.23. The van der Waals surface area contributed by atoms with Gasteiger partial charge in [0, 0.05) is 36.8 Å². The van der Waals surface area contributed by atoms with Gasteiger partial charge in [0.2, 0.25) is 16.0 Å². The number of hydrogen-bond donors (Lipinski definition) is 1. The molecule has 142 valence electrons. The van der Waals surface area contributed by atoms with E-state index < -0.39 is 10.0 Å². The van der Waals surface area contributed by atoms with Gasteiger partial charge < -0.3 is 5.32 Å². The lowest BCUT2D eigenvalue weighted by Crippen LogP contribution is -2.42. The van der Waals surface area contributed by atoms with E-state index in [1.54, 1.807) is 16.8 Å². The second-order valence-corrected chi connectivity index (χ2v) is 9.20. The van der Waals surface area contributed by atoms with Crippen LogP contribution in [0, 0.1) is 0 Å². The lowest BCUT2D eigenvalue weighted by Gasteiger charge is -2.30. The van der Waals surface area contributed by atoms with Gasteiger partial charge in [-0.2, -0.15) is 4.98 Å². The highest BCUT2D eigenvalue weighted by atomic mass is 35.5. The molecule has 0 saturated carbocycles. The summed E-state index contributed by atoms with van der Waals surface area (Å²) in [7, 11) is -3.15. The zero-order valence-electron chi connectivity index (χ0n) is 14.9. The number of aromatic nitrogens is 3. The minimum atomic E-state index is -3.15. The highest BCUT2D eigenvalue weighted by Gasteiger charge is 2.25. The van der Waals surface area contributed by atoms with E-state index in [9.17, 15) is 13.2 Å². The SMILES string of the molecule is CC(C)n1c(=O)c(Cl)cc2cnc(NC3CCN(S(C)(=O)=O)CC3)nc21. The molecule has 0 unspecified atom stereocenters. The van der Waals surface area contributed by atoms with Gasteiger partial charge in [0.05, 0.1) is 6.26 Å². The Balaban J connectivity index is 1.85. The summed E-state index contributed by atoms with van der Waals surface area (Å²) in [6.07, 6.45) is 4.21. The van der Waals surface area contributed by atoms with Crippen LogP contribution in [0.5, 0.6) is 0 Å². The topological polar surface area (TPSA) is 97.2 Å². The third-order valence-electron chi connectivity index (χ3n) is 4.50. The first-order valence-electron chi connectivity index (χ1n) is 8.46. The predicted molar refractivity (Wildman–Crippen MR) is 102 cm³/mol. The van der Waals surface area contributed by atoms with Gasteiger partial charge >= 0.3 is 0 Å². The van der Waals surface area contributed by atoms with Crippen LogP contribution in [0.3, 0.4) is 0 Å². The van der Waals surface area contributed by atoms with E-state index in [4.69, 9.17) is 11.6 Å². The quantitative estimate of drug-likeness (QED) is 0.842. The number of hydrogen-bond acceptors (Lipinski definition) is 6. The van der Waals surface area contributed by atoms with E-state index in [0.29, 0.717) is 42.9 Å². The van der Waals surface area contributed by atoms with Crippen molar-refractivity contribution in [2.75, 3.05) is 24.7 Å². The molecule has 3 heterocycles. The van der Waals surface area contributed by atoms with Crippen molar-refractivity contribution in [3.8, 4) is 0 Å². The van der Waals surface area contributed by atoms with Gasteiger partial charge in [-0.05, 0) is 32.8 Å². The van der Waals surface area contributed by atoms with Crippen LogP contribution < -0.4 is 10.9 Å². The third-order valence-corrected chi connectivity index (χ3v) is 6.08. The van der Waals surface area contributed by atoms with Gasteiger partial charge in [-0.3, -0.25) is 9.36 Å². The van der Waals surface area contributed by atoms with Crippen LogP contribution in [-0.2, 0) is 10.0 Å². The van der Waals surface area contributed by atoms with Crippen molar-refractivity contribution in [3.05, 3.63) is 27.6 Å². The van der Waals surface area contributed by atoms with Crippen molar-refractivity contribution in [2.24, 2.45) is 0 Å². The lowest BCUT2D eigenvalue weighted by atomic mass is 10.1. The summed E-state index contributed by atoms with van der Waals surface area (Å²) in [5.74, 6) is 0.423. The highest BCUT2D eigenvalue weighted by molar-refractivity contribution is 7.88. The number of nitrogens with zero attached hydrogens (tertiary/aromatic N) is 4. The van der Waals surface area contributed by atoms with Crippen LogP contribution in [0.25, 0.3) is 11.0 Å². The highest BCUT2D eigenvalue weighted by Crippen LogP contribution is 2.20. The van der Waals surface area contributed by atoms with Crippen LogP contribution in [0.15, 0.2) is 17.1 Å². The lowest BCUT2D eigenvalue weighted by molar-refractivity contribution is 0.331. The van der Waals surface area contributed by atoms with E-state index >= 15 is 0 Å². The van der Waals surface area contributed by atoms with Crippen molar-refractivity contribution in [1.82, 2.24) is 18.8 Å². The summed E-state index contributed by atoms with van der Waals surface area (Å²) in [6, 6.07) is 1.56. The number of piperidine rings is 1. The van der Waals surface area contributed by atoms with Crippen molar-refractivity contribution < 1.29 is 8.42 Å². The van der Waals surface area contributed by atoms with E-state index in [1.165, 1.54) is 10.6 Å². The van der Waals surface area contributed by atoms with Crippen LogP contribution in [0.2, 0.25) is 5.02 Å². The average molecular weight is 400 g/mol. The van der Waals surface area contributed by atoms with E-state index in [1.807, 2.05) is 13.8 Å². The first-order valence-corrected chi connectivity index (χ1v) is 10.7. The maximum Gasteiger partial charge on any atom is 0.271 e. The number of pyridine rings is 1. The second kappa shape index (κ2) is 7.13. The molecule has 0 amide bonds. The second-order valence-electron chi connectivity index (χ2n) is 6.81. The Labute approximate surface area is 157 Å². The number of nitrogens with one attached hydrogen (secondary N) is 1. The summed E-state index contributed by atoms with van der Waals surface area (Å²) in [5, 5.41) is 4.09. The first kappa shape index (κ1) is 19.1. The molecular formula is C16H22ClN5O3S. The molecular weight excluding hydrogens is 378 g/mol. The van der Waals surface area contributed by atoms with Crippen LogP contribution in [0.4, 0.5) is 5.95 Å². The van der Waals surface area contributed by atoms with Crippen molar-refractivity contribution in [3.63, 3.8) is 0 Å². The van der Waals surface area contributed by atoms with Gasteiger partial charge in [0.25, 0.3) is 5.56 Å². The summed E-state index contributed by atoms with van der Waals surface area (Å²) in [5.41, 5.74) is 0.251. The zero-order valence-corrected chi connectivity index (χ0v) is 16.5. The maximum atomic E-state index is 12.3. The van der Waals surface area contributed by atoms with E-state index in [2.05, 4.69) is 15.3 Å². The van der Waals surface area contributed by atoms with Gasteiger partial charge in [0.15, 0.2) is 0 Å². The molecule has 1 aliphatic heterocycles. The smallest absolute Gasteiger partial charge is 0.271 e. The molecule has 0 bridgehead atoms. The fraction of sp³-hybridized carbons (Fsp3) is 0.562. The molecule has 1 aliphatic rings. The summed E-state index contributed by atoms with van der Waals surface area (Å²) in [6.45, 7) is 4.73. The van der Waals surface area contributed by atoms with Crippen molar-refractivity contribution in [2.45, 2.75) is 38.8 Å². The molecule has 0 aromatic carbocycles. The molecule has 2 aromatic rings. The monoisotopic (exact) mass is 399 g/mol. The van der Waals surface area contributed by atoms with Gasteiger partial charge in [-0.1, -0.05) is 11.6 Å². The number of halogens is 1. The average Bonchev–Trinajstić information content (AvgIpc) is 2.55. The number of rotatable bonds is 4. The van der Waals surface area contributed by atoms with Gasteiger partial charge in [-0.15, -0.1) is 0 Å². The molecule has 1 N–H and O–H groups in total. The standard InChI is InChI=1S/C16H22ClN5O3S/c1-10(2)22-14-11(8-13(17)15(22)23)9-18-16(20-14)19-12-4-6-21(7-5-12)26(3,24)25/h8-10,12H,4-7H2,1-3H3,(H,18,19,20). The Kier molecular flexibility index (Phi) is 5.23. The number of sulfonamides is 1. The summed E-state index contributed by atoms with van der Waals surface area (Å²) >= 11 is 6.02. The Morgan fingerprint density at radius 1 is 1.31 bits per heavy atom. The molecule has 0 spiro atoms.